The molecule has 0 fully saturated rings. The summed E-state index contributed by atoms with van der Waals surface area (Å²) in [7, 11) is 1.42. The van der Waals surface area contributed by atoms with Crippen LogP contribution in [0.4, 0.5) is 23.1 Å². The lowest BCUT2D eigenvalue weighted by Gasteiger charge is -2.13. The summed E-state index contributed by atoms with van der Waals surface area (Å²) in [6, 6.07) is 7.67. The standard InChI is InChI=1S/C12H15N5O2/c1-7-3-5-8(6-4-7)14-10-9(17-18)11(19-2)16-12(13)15-10/h3-6H,17H2,1-2H3,(H3,13,14,15,16). The van der Waals surface area contributed by atoms with E-state index in [0.717, 1.165) is 11.3 Å². The molecule has 1 aromatic carbocycles. The summed E-state index contributed by atoms with van der Waals surface area (Å²) in [6.45, 7) is 1.99. The third-order valence-electron chi connectivity index (χ3n) is 2.55. The Kier molecular flexibility index (Phi) is 3.79. The first-order valence-corrected chi connectivity index (χ1v) is 5.64. The topological polar surface area (TPSA) is 113 Å². The van der Waals surface area contributed by atoms with Crippen LogP contribution in [0.2, 0.25) is 0 Å². The van der Waals surface area contributed by atoms with Crippen molar-refractivity contribution in [2.75, 3.05) is 18.2 Å². The van der Waals surface area contributed by atoms with Crippen molar-refractivity contribution in [3.63, 3.8) is 0 Å². The summed E-state index contributed by atoms with van der Waals surface area (Å²) in [5.41, 5.74) is 8.39. The number of methoxy groups -OCH3 is 1. The zero-order chi connectivity index (χ0) is 13.8. The van der Waals surface area contributed by atoms with Gasteiger partial charge in [0.2, 0.25) is 17.5 Å². The van der Waals surface area contributed by atoms with E-state index < -0.39 is 0 Å². The van der Waals surface area contributed by atoms with Gasteiger partial charge < -0.3 is 26.5 Å². The maximum atomic E-state index is 11.1. The van der Waals surface area contributed by atoms with Crippen LogP contribution in [-0.4, -0.2) is 17.1 Å². The van der Waals surface area contributed by atoms with Crippen LogP contribution in [-0.2, 0) is 0 Å². The van der Waals surface area contributed by atoms with Crippen LogP contribution in [0, 0.1) is 12.1 Å². The van der Waals surface area contributed by atoms with Gasteiger partial charge in [0.25, 0.3) is 5.88 Å². The van der Waals surface area contributed by atoms with E-state index in [-0.39, 0.29) is 17.5 Å². The lowest BCUT2D eigenvalue weighted by atomic mass is 10.2. The normalized spacial score (nSPS) is 10.3. The van der Waals surface area contributed by atoms with Gasteiger partial charge in [-0.15, -0.1) is 0 Å². The Morgan fingerprint density at radius 3 is 2.53 bits per heavy atom. The lowest BCUT2D eigenvalue weighted by molar-refractivity contribution is -0.497. The molecule has 0 atom stereocenters. The minimum Gasteiger partial charge on any atom is -0.630 e. The molecule has 0 aliphatic heterocycles. The number of nitrogens with two attached hydrogens (primary N) is 2. The first-order chi connectivity index (χ1) is 9.13. The fourth-order valence-corrected chi connectivity index (χ4v) is 1.60. The Labute approximate surface area is 110 Å². The molecule has 0 saturated heterocycles. The number of nitrogen functional groups attached to an aromatic ring is 1. The summed E-state index contributed by atoms with van der Waals surface area (Å²) in [6.07, 6.45) is 0. The first kappa shape index (κ1) is 13.1. The number of aromatic nitrogens is 2. The molecule has 0 amide bonds. The first-order valence-electron chi connectivity index (χ1n) is 5.64. The molecule has 0 spiro atoms. The average molecular weight is 261 g/mol. The van der Waals surface area contributed by atoms with Crippen LogP contribution in [0.25, 0.3) is 0 Å². The number of anilines is 3. The van der Waals surface area contributed by atoms with Crippen molar-refractivity contribution in [1.29, 1.82) is 0 Å². The molecule has 1 heterocycles. The summed E-state index contributed by atoms with van der Waals surface area (Å²) >= 11 is 0. The van der Waals surface area contributed by atoms with Crippen molar-refractivity contribution >= 4 is 23.1 Å². The van der Waals surface area contributed by atoms with Crippen molar-refractivity contribution in [2.45, 2.75) is 6.92 Å². The third-order valence-corrected chi connectivity index (χ3v) is 2.55. The second kappa shape index (κ2) is 5.51. The van der Waals surface area contributed by atoms with Gasteiger partial charge in [-0.2, -0.15) is 9.97 Å². The van der Waals surface area contributed by atoms with E-state index in [4.69, 9.17) is 10.5 Å². The SMILES string of the molecule is COc1nc(N)nc(Nc2ccc(C)cc2)c1[NH2+][O-]. The van der Waals surface area contributed by atoms with E-state index >= 15 is 0 Å². The van der Waals surface area contributed by atoms with E-state index in [9.17, 15) is 5.21 Å². The number of nitrogens with zero attached hydrogens (tertiary/aromatic N) is 2. The van der Waals surface area contributed by atoms with Crippen LogP contribution in [0.15, 0.2) is 24.3 Å². The third kappa shape index (κ3) is 2.90. The molecule has 2 rings (SSSR count). The van der Waals surface area contributed by atoms with Gasteiger partial charge in [0.05, 0.1) is 7.11 Å². The second-order valence-electron chi connectivity index (χ2n) is 3.96. The number of hydrogen-bond acceptors (Lipinski definition) is 6. The molecular weight excluding hydrogens is 246 g/mol. The van der Waals surface area contributed by atoms with E-state index in [1.54, 1.807) is 0 Å². The number of quaternary nitrogens is 1. The van der Waals surface area contributed by atoms with Crippen molar-refractivity contribution in [3.05, 3.63) is 35.0 Å². The molecule has 2 aromatic rings. The molecule has 0 aliphatic carbocycles. The molecule has 5 N–H and O–H groups in total. The maximum absolute atomic E-state index is 11.1. The number of ether oxygens (including phenoxy) is 1. The Hall–Kier alpha value is -2.38. The number of rotatable bonds is 4. The number of hydrogen-bond donors (Lipinski definition) is 3. The van der Waals surface area contributed by atoms with Gasteiger partial charge in [-0.3, -0.25) is 0 Å². The molecule has 0 bridgehead atoms. The van der Waals surface area contributed by atoms with E-state index in [1.807, 2.05) is 31.2 Å². The molecule has 0 aliphatic rings. The van der Waals surface area contributed by atoms with Crippen LogP contribution in [0.3, 0.4) is 0 Å². The molecule has 1 aromatic heterocycles. The number of aryl methyl sites for hydroxylation is 1. The smallest absolute Gasteiger partial charge is 0.284 e. The van der Waals surface area contributed by atoms with Crippen molar-refractivity contribution in [3.8, 4) is 5.88 Å². The Morgan fingerprint density at radius 1 is 1.26 bits per heavy atom. The lowest BCUT2D eigenvalue weighted by Crippen LogP contribution is -2.70. The largest absolute Gasteiger partial charge is 0.630 e. The highest BCUT2D eigenvalue weighted by Crippen LogP contribution is 2.28. The predicted molar refractivity (Wildman–Crippen MR) is 72.4 cm³/mol. The summed E-state index contributed by atoms with van der Waals surface area (Å²) in [4.78, 5) is 7.87. The Morgan fingerprint density at radius 2 is 1.95 bits per heavy atom. The van der Waals surface area contributed by atoms with Crippen molar-refractivity contribution in [2.24, 2.45) is 0 Å². The van der Waals surface area contributed by atoms with Gasteiger partial charge in [0.15, 0.2) is 0 Å². The quantitative estimate of drug-likeness (QED) is 0.702. The molecule has 0 radical (unpaired) electrons. The molecule has 100 valence electrons. The van der Waals surface area contributed by atoms with Gasteiger partial charge in [-0.1, -0.05) is 17.7 Å². The van der Waals surface area contributed by atoms with Crippen LogP contribution < -0.4 is 21.3 Å². The molecule has 0 saturated carbocycles. The van der Waals surface area contributed by atoms with Crippen LogP contribution >= 0.6 is 0 Å². The monoisotopic (exact) mass is 261 g/mol. The summed E-state index contributed by atoms with van der Waals surface area (Å²) < 4.78 is 5.01. The van der Waals surface area contributed by atoms with Crippen molar-refractivity contribution < 1.29 is 10.2 Å². The fraction of sp³-hybridized carbons (Fsp3) is 0.167. The van der Waals surface area contributed by atoms with Crippen LogP contribution in [0.1, 0.15) is 5.56 Å². The van der Waals surface area contributed by atoms with E-state index in [0.29, 0.717) is 11.3 Å². The minimum absolute atomic E-state index is 0.0389. The molecule has 0 unspecified atom stereocenters. The average Bonchev–Trinajstić information content (AvgIpc) is 2.40. The summed E-state index contributed by atoms with van der Waals surface area (Å²) in [5.74, 6) is 0.511. The van der Waals surface area contributed by atoms with E-state index in [2.05, 4.69) is 15.3 Å². The maximum Gasteiger partial charge on any atom is 0.284 e. The highest BCUT2D eigenvalue weighted by atomic mass is 16.5. The van der Waals surface area contributed by atoms with Gasteiger partial charge in [0, 0.05) is 5.69 Å². The molecular formula is C12H15N5O2. The van der Waals surface area contributed by atoms with E-state index in [1.165, 1.54) is 7.11 Å². The molecule has 19 heavy (non-hydrogen) atoms. The Bertz CT molecular complexity index is 571. The number of benzene rings is 1. The predicted octanol–water partition coefficient (Wildman–Crippen LogP) is 0.812. The fourth-order valence-electron chi connectivity index (χ4n) is 1.60. The summed E-state index contributed by atoms with van der Waals surface area (Å²) in [5, 5.41) is 14.1. The second-order valence-corrected chi connectivity index (χ2v) is 3.96. The number of nitrogens with one attached hydrogen (secondary N) is 1. The van der Waals surface area contributed by atoms with Gasteiger partial charge in [-0.05, 0) is 19.1 Å². The van der Waals surface area contributed by atoms with Gasteiger partial charge >= 0.3 is 0 Å². The Balaban J connectivity index is 2.38. The van der Waals surface area contributed by atoms with Crippen molar-refractivity contribution in [1.82, 2.24) is 9.97 Å². The minimum atomic E-state index is 0.0389. The molecule has 7 nitrogen and oxygen atoms in total. The highest BCUT2D eigenvalue weighted by molar-refractivity contribution is 5.69. The molecule has 7 heteroatoms. The highest BCUT2D eigenvalue weighted by Gasteiger charge is 2.16. The zero-order valence-corrected chi connectivity index (χ0v) is 10.7. The van der Waals surface area contributed by atoms with Gasteiger partial charge in [0.1, 0.15) is 0 Å². The van der Waals surface area contributed by atoms with Gasteiger partial charge in [-0.25, -0.2) is 0 Å². The van der Waals surface area contributed by atoms with Crippen LogP contribution in [0.5, 0.6) is 5.88 Å². The zero-order valence-electron chi connectivity index (χ0n) is 10.7.